The Labute approximate surface area is 141 Å². The topological polar surface area (TPSA) is 40.9 Å². The van der Waals surface area contributed by atoms with Gasteiger partial charge in [-0.05, 0) is 86.4 Å². The molecule has 4 fully saturated rings. The highest BCUT2D eigenvalue weighted by molar-refractivity contribution is 5.82. The smallest absolute Gasteiger partial charge is 0.133 e. The van der Waals surface area contributed by atoms with Crippen LogP contribution in [0.4, 0.5) is 0 Å². The summed E-state index contributed by atoms with van der Waals surface area (Å²) in [6, 6.07) is 0. The Hall–Kier alpha value is -0.660. The van der Waals surface area contributed by atoms with Gasteiger partial charge in [-0.25, -0.2) is 0 Å². The fraction of sp³-hybridized carbons (Fsp3) is 0.905. The van der Waals surface area contributed by atoms with Gasteiger partial charge in [0.05, 0.1) is 0 Å². The van der Waals surface area contributed by atoms with E-state index in [4.69, 9.17) is 5.41 Å². The zero-order valence-corrected chi connectivity index (χ0v) is 15.2. The van der Waals surface area contributed by atoms with Crippen LogP contribution in [0.15, 0.2) is 0 Å². The first-order valence-electron chi connectivity index (χ1n) is 9.93. The molecule has 0 bridgehead atoms. The molecule has 4 aliphatic carbocycles. The second-order valence-electron chi connectivity index (χ2n) is 9.76. The molecule has 4 saturated carbocycles. The molecule has 0 saturated heterocycles. The van der Waals surface area contributed by atoms with Gasteiger partial charge in [0.1, 0.15) is 5.78 Å². The van der Waals surface area contributed by atoms with Crippen LogP contribution in [0.1, 0.15) is 78.6 Å². The first kappa shape index (κ1) is 15.8. The number of rotatable bonds is 1. The second kappa shape index (κ2) is 5.17. The van der Waals surface area contributed by atoms with Crippen molar-refractivity contribution in [1.29, 1.82) is 5.41 Å². The van der Waals surface area contributed by atoms with Crippen LogP contribution in [-0.4, -0.2) is 11.5 Å². The number of nitrogens with one attached hydrogen (secondary N) is 1. The van der Waals surface area contributed by atoms with Gasteiger partial charge in [0.15, 0.2) is 0 Å². The van der Waals surface area contributed by atoms with Crippen LogP contribution in [-0.2, 0) is 4.79 Å². The maximum atomic E-state index is 11.9. The van der Waals surface area contributed by atoms with E-state index in [0.717, 1.165) is 42.7 Å². The Morgan fingerprint density at radius 2 is 1.74 bits per heavy atom. The Kier molecular flexibility index (Phi) is 3.56. The summed E-state index contributed by atoms with van der Waals surface area (Å²) in [5, 5.41) is 8.24. The van der Waals surface area contributed by atoms with Crippen molar-refractivity contribution in [2.75, 3.05) is 0 Å². The van der Waals surface area contributed by atoms with Crippen LogP contribution < -0.4 is 0 Å². The molecular formula is C21H33NO. The zero-order chi connectivity index (χ0) is 16.4. The van der Waals surface area contributed by atoms with E-state index in [0.29, 0.717) is 28.4 Å². The average molecular weight is 316 g/mol. The van der Waals surface area contributed by atoms with E-state index in [1.807, 2.05) is 6.92 Å². The zero-order valence-electron chi connectivity index (χ0n) is 15.2. The Morgan fingerprint density at radius 1 is 1.00 bits per heavy atom. The van der Waals surface area contributed by atoms with Gasteiger partial charge in [0.2, 0.25) is 0 Å². The summed E-state index contributed by atoms with van der Waals surface area (Å²) in [5.41, 5.74) is 1.74. The lowest BCUT2D eigenvalue weighted by molar-refractivity contribution is -0.138. The van der Waals surface area contributed by atoms with Gasteiger partial charge in [0, 0.05) is 24.5 Å². The van der Waals surface area contributed by atoms with Gasteiger partial charge in [-0.15, -0.1) is 0 Å². The van der Waals surface area contributed by atoms with Crippen LogP contribution in [0.25, 0.3) is 0 Å². The first-order chi connectivity index (χ1) is 10.9. The number of fused-ring (bicyclic) bond motifs is 5. The van der Waals surface area contributed by atoms with Crippen LogP contribution in [0, 0.1) is 45.8 Å². The molecule has 4 aliphatic rings. The molecule has 0 amide bonds. The molecule has 0 aromatic carbocycles. The molecule has 2 heteroatoms. The lowest BCUT2D eigenvalue weighted by Gasteiger charge is -2.60. The Balaban J connectivity index is 1.63. The van der Waals surface area contributed by atoms with Crippen molar-refractivity contribution in [2.24, 2.45) is 40.4 Å². The van der Waals surface area contributed by atoms with Crippen molar-refractivity contribution < 1.29 is 4.79 Å². The Bertz CT molecular complexity index is 540. The first-order valence-corrected chi connectivity index (χ1v) is 9.93. The summed E-state index contributed by atoms with van der Waals surface area (Å²) in [5.74, 6) is 4.27. The fourth-order valence-corrected chi connectivity index (χ4v) is 7.76. The van der Waals surface area contributed by atoms with Crippen molar-refractivity contribution in [3.8, 4) is 0 Å². The minimum Gasteiger partial charge on any atom is -0.310 e. The molecular weight excluding hydrogens is 282 g/mol. The van der Waals surface area contributed by atoms with Gasteiger partial charge in [0.25, 0.3) is 0 Å². The third-order valence-corrected chi connectivity index (χ3v) is 9.00. The maximum absolute atomic E-state index is 11.9. The van der Waals surface area contributed by atoms with Gasteiger partial charge in [-0.1, -0.05) is 13.8 Å². The van der Waals surface area contributed by atoms with E-state index in [-0.39, 0.29) is 0 Å². The lowest BCUT2D eigenvalue weighted by Crippen LogP contribution is -2.53. The van der Waals surface area contributed by atoms with E-state index in [1.165, 1.54) is 38.5 Å². The number of carbonyl (C=O) groups is 1. The molecule has 23 heavy (non-hydrogen) atoms. The average Bonchev–Trinajstić information content (AvgIpc) is 2.85. The van der Waals surface area contributed by atoms with E-state index >= 15 is 0 Å². The minimum atomic E-state index is 0.390. The molecule has 7 unspecified atom stereocenters. The minimum absolute atomic E-state index is 0.390. The standard InChI is InChI=1S/C21H33NO/c1-13(22)17-6-7-18-16-5-4-14-12-15(23)8-10-20(14,2)19(16)9-11-21(17,18)3/h14,16-19,22H,4-12H2,1-3H3. The van der Waals surface area contributed by atoms with Crippen LogP contribution >= 0.6 is 0 Å². The van der Waals surface area contributed by atoms with Gasteiger partial charge in [-0.3, -0.25) is 4.79 Å². The lowest BCUT2D eigenvalue weighted by atomic mass is 9.44. The van der Waals surface area contributed by atoms with Crippen molar-refractivity contribution >= 4 is 11.5 Å². The van der Waals surface area contributed by atoms with E-state index in [9.17, 15) is 4.79 Å². The van der Waals surface area contributed by atoms with Crippen LogP contribution in [0.2, 0.25) is 0 Å². The molecule has 0 aromatic heterocycles. The third kappa shape index (κ3) is 2.12. The number of carbonyl (C=O) groups excluding carboxylic acids is 1. The summed E-state index contributed by atoms with van der Waals surface area (Å²) in [6.45, 7) is 7.07. The molecule has 0 heterocycles. The predicted octanol–water partition coefficient (Wildman–Crippen LogP) is 5.25. The van der Waals surface area contributed by atoms with E-state index in [2.05, 4.69) is 13.8 Å². The summed E-state index contributed by atoms with van der Waals surface area (Å²) in [7, 11) is 0. The predicted molar refractivity (Wildman–Crippen MR) is 93.6 cm³/mol. The van der Waals surface area contributed by atoms with Crippen molar-refractivity contribution in [3.05, 3.63) is 0 Å². The van der Waals surface area contributed by atoms with E-state index in [1.54, 1.807) is 0 Å². The molecule has 0 radical (unpaired) electrons. The third-order valence-electron chi connectivity index (χ3n) is 9.00. The number of hydrogen-bond donors (Lipinski definition) is 1. The highest BCUT2D eigenvalue weighted by Crippen LogP contribution is 2.67. The summed E-state index contributed by atoms with van der Waals surface area (Å²) >= 11 is 0. The molecule has 128 valence electrons. The monoisotopic (exact) mass is 315 g/mol. The van der Waals surface area contributed by atoms with Gasteiger partial charge in [-0.2, -0.15) is 0 Å². The van der Waals surface area contributed by atoms with Crippen molar-refractivity contribution in [3.63, 3.8) is 0 Å². The fourth-order valence-electron chi connectivity index (χ4n) is 7.76. The second-order valence-corrected chi connectivity index (χ2v) is 9.76. The molecule has 0 aliphatic heterocycles. The molecule has 2 nitrogen and oxygen atoms in total. The number of ketones is 1. The normalized spacial score (nSPS) is 52.5. The highest BCUT2D eigenvalue weighted by atomic mass is 16.1. The summed E-state index contributed by atoms with van der Waals surface area (Å²) in [6.07, 6.45) is 10.7. The number of hydrogen-bond acceptors (Lipinski definition) is 2. The van der Waals surface area contributed by atoms with Crippen molar-refractivity contribution in [2.45, 2.75) is 78.6 Å². The SMILES string of the molecule is CC(=N)C1CCC2C3CCC4CC(=O)CCC4(C)C3CCC12C. The molecule has 7 atom stereocenters. The van der Waals surface area contributed by atoms with Crippen LogP contribution in [0.5, 0.6) is 0 Å². The van der Waals surface area contributed by atoms with Crippen molar-refractivity contribution in [1.82, 2.24) is 0 Å². The van der Waals surface area contributed by atoms with Crippen LogP contribution in [0.3, 0.4) is 0 Å². The molecule has 0 aromatic rings. The summed E-state index contributed by atoms with van der Waals surface area (Å²) < 4.78 is 0. The van der Waals surface area contributed by atoms with Gasteiger partial charge < -0.3 is 5.41 Å². The van der Waals surface area contributed by atoms with Gasteiger partial charge >= 0.3 is 0 Å². The Morgan fingerprint density at radius 3 is 2.48 bits per heavy atom. The highest BCUT2D eigenvalue weighted by Gasteiger charge is 2.60. The quantitative estimate of drug-likeness (QED) is 0.659. The molecule has 1 N–H and O–H groups in total. The largest absolute Gasteiger partial charge is 0.310 e. The maximum Gasteiger partial charge on any atom is 0.133 e. The molecule has 4 rings (SSSR count). The van der Waals surface area contributed by atoms with E-state index < -0.39 is 0 Å². The molecule has 0 spiro atoms. The number of Topliss-reactive ketones (excluding diaryl/α,β-unsaturated/α-hetero) is 1. The summed E-state index contributed by atoms with van der Waals surface area (Å²) in [4.78, 5) is 11.9.